The van der Waals surface area contributed by atoms with Gasteiger partial charge in [-0.25, -0.2) is 15.0 Å². The molecule has 5 aromatic rings. The first-order valence-electron chi connectivity index (χ1n) is 10.3. The summed E-state index contributed by atoms with van der Waals surface area (Å²) in [7, 11) is 0. The summed E-state index contributed by atoms with van der Waals surface area (Å²) in [6.45, 7) is 0.574. The molecule has 3 heterocycles. The maximum Gasteiger partial charge on any atom is 0.276 e. The molecule has 0 aliphatic carbocycles. The highest BCUT2D eigenvalue weighted by Gasteiger charge is 2.26. The van der Waals surface area contributed by atoms with E-state index in [1.165, 1.54) is 0 Å². The van der Waals surface area contributed by atoms with Gasteiger partial charge in [0.2, 0.25) is 5.96 Å². The number of anilines is 1. The van der Waals surface area contributed by atoms with Crippen LogP contribution >= 0.6 is 22.7 Å². The molecule has 2 aromatic heterocycles. The number of hydrogen-bond donors (Lipinski definition) is 1. The minimum atomic E-state index is -0.216. The van der Waals surface area contributed by atoms with Crippen molar-refractivity contribution in [3.63, 3.8) is 0 Å². The molecule has 0 saturated carbocycles. The number of benzene rings is 3. The fourth-order valence-corrected chi connectivity index (χ4v) is 5.21. The molecule has 33 heavy (non-hydrogen) atoms. The lowest BCUT2D eigenvalue weighted by Crippen LogP contribution is -2.40. The maximum atomic E-state index is 12.8. The third-order valence-corrected chi connectivity index (χ3v) is 6.99. The Kier molecular flexibility index (Phi) is 4.93. The van der Waals surface area contributed by atoms with Gasteiger partial charge in [-0.2, -0.15) is 0 Å². The Balaban J connectivity index is 1.39. The van der Waals surface area contributed by atoms with Crippen LogP contribution in [0.4, 0.5) is 5.69 Å². The van der Waals surface area contributed by atoms with Gasteiger partial charge in [0.25, 0.3) is 5.91 Å². The Morgan fingerprint density at radius 1 is 0.879 bits per heavy atom. The van der Waals surface area contributed by atoms with Crippen LogP contribution in [0, 0.1) is 0 Å². The van der Waals surface area contributed by atoms with Crippen molar-refractivity contribution >= 4 is 66.7 Å². The Labute approximate surface area is 197 Å². The van der Waals surface area contributed by atoms with Crippen LogP contribution in [-0.2, 0) is 11.3 Å². The topological polar surface area (TPSA) is 70.5 Å². The Morgan fingerprint density at radius 2 is 1.61 bits per heavy atom. The molecule has 0 spiro atoms. The molecular formula is C25H17N5OS2. The lowest BCUT2D eigenvalue weighted by Gasteiger charge is -2.24. The van der Waals surface area contributed by atoms with Crippen LogP contribution in [0.2, 0.25) is 0 Å². The molecule has 6 rings (SSSR count). The monoisotopic (exact) mass is 467 g/mol. The molecule has 8 heteroatoms. The van der Waals surface area contributed by atoms with E-state index in [4.69, 9.17) is 4.99 Å². The summed E-state index contributed by atoms with van der Waals surface area (Å²) in [5.74, 6) is 0.296. The predicted octanol–water partition coefficient (Wildman–Crippen LogP) is 5.44. The van der Waals surface area contributed by atoms with Gasteiger partial charge < -0.3 is 4.90 Å². The molecule has 1 aliphatic rings. The molecule has 0 atom stereocenters. The number of amides is 1. The van der Waals surface area contributed by atoms with E-state index >= 15 is 0 Å². The molecule has 3 aromatic carbocycles. The van der Waals surface area contributed by atoms with Crippen LogP contribution in [0.5, 0.6) is 0 Å². The average molecular weight is 468 g/mol. The van der Waals surface area contributed by atoms with Crippen LogP contribution in [-0.4, -0.2) is 21.8 Å². The summed E-state index contributed by atoms with van der Waals surface area (Å²) in [6, 6.07) is 22.2. The number of nitrogens with zero attached hydrogens (tertiary/aromatic N) is 4. The first-order valence-corrected chi connectivity index (χ1v) is 12.1. The number of guanidine groups is 1. The fraction of sp³-hybridized carbons (Fsp3) is 0.0400. The summed E-state index contributed by atoms with van der Waals surface area (Å²) >= 11 is 3.17. The highest BCUT2D eigenvalue weighted by Crippen LogP contribution is 2.27. The van der Waals surface area contributed by atoms with E-state index < -0.39 is 0 Å². The summed E-state index contributed by atoms with van der Waals surface area (Å²) in [5, 5.41) is 2.96. The molecule has 0 fully saturated rings. The minimum Gasteiger partial charge on any atom is -0.308 e. The number of carbonyl (C=O) groups excluding carboxylic acids is 1. The molecule has 0 bridgehead atoms. The highest BCUT2D eigenvalue weighted by molar-refractivity contribution is 7.17. The third kappa shape index (κ3) is 3.90. The van der Waals surface area contributed by atoms with Gasteiger partial charge in [-0.15, -0.1) is 22.7 Å². The number of fused-ring (bicyclic) bond motifs is 2. The highest BCUT2D eigenvalue weighted by atomic mass is 32.1. The molecule has 1 amide bonds. The van der Waals surface area contributed by atoms with E-state index in [9.17, 15) is 4.79 Å². The van der Waals surface area contributed by atoms with Gasteiger partial charge in [0.1, 0.15) is 5.70 Å². The van der Waals surface area contributed by atoms with Gasteiger partial charge in [-0.1, -0.05) is 36.4 Å². The lowest BCUT2D eigenvalue weighted by atomic mass is 10.2. The van der Waals surface area contributed by atoms with Crippen molar-refractivity contribution in [2.24, 2.45) is 4.99 Å². The number of aliphatic imine (C=N–C) groups is 1. The quantitative estimate of drug-likeness (QED) is 0.357. The lowest BCUT2D eigenvalue weighted by molar-refractivity contribution is -0.115. The number of carbonyl (C=O) groups is 1. The van der Waals surface area contributed by atoms with E-state index in [-0.39, 0.29) is 5.91 Å². The number of nitrogens with one attached hydrogen (secondary N) is 1. The summed E-state index contributed by atoms with van der Waals surface area (Å²) in [4.78, 5) is 28.2. The SMILES string of the molecule is O=C1NC(N(Cc2ccccc2)c2ccc3ncsc3c2)=N/C1=C\c1ccc2ncsc2c1. The Hall–Kier alpha value is -3.88. The standard InChI is InChI=1S/C25H17N5OS2/c31-24-21(10-17-6-8-19-22(11-17)32-14-26-19)28-25(29-24)30(13-16-4-2-1-3-5-16)18-7-9-20-23(12-18)33-15-27-20/h1-12,14-15H,13H2,(H,28,29,31)/b21-10-. The Morgan fingerprint density at radius 3 is 2.39 bits per heavy atom. The molecule has 1 N–H and O–H groups in total. The van der Waals surface area contributed by atoms with Crippen molar-refractivity contribution in [2.45, 2.75) is 6.54 Å². The first kappa shape index (κ1) is 19.8. The average Bonchev–Trinajstić information content (AvgIpc) is 3.57. The second-order valence-electron chi connectivity index (χ2n) is 7.57. The fourth-order valence-electron chi connectivity index (χ4n) is 3.77. The van der Waals surface area contributed by atoms with Crippen molar-refractivity contribution in [3.8, 4) is 0 Å². The number of aromatic nitrogens is 2. The van der Waals surface area contributed by atoms with Crippen LogP contribution < -0.4 is 10.2 Å². The van der Waals surface area contributed by atoms with E-state index in [1.54, 1.807) is 22.7 Å². The summed E-state index contributed by atoms with van der Waals surface area (Å²) < 4.78 is 2.17. The van der Waals surface area contributed by atoms with Crippen molar-refractivity contribution in [3.05, 3.63) is 94.6 Å². The molecule has 0 unspecified atom stereocenters. The number of rotatable bonds is 4. The van der Waals surface area contributed by atoms with Crippen molar-refractivity contribution in [2.75, 3.05) is 4.90 Å². The van der Waals surface area contributed by atoms with Crippen LogP contribution in [0.1, 0.15) is 11.1 Å². The minimum absolute atomic E-state index is 0.216. The second kappa shape index (κ2) is 8.23. The largest absolute Gasteiger partial charge is 0.308 e. The summed E-state index contributed by atoms with van der Waals surface area (Å²) in [6.07, 6.45) is 1.81. The van der Waals surface area contributed by atoms with Crippen LogP contribution in [0.15, 0.2) is 88.4 Å². The smallest absolute Gasteiger partial charge is 0.276 e. The first-order chi connectivity index (χ1) is 16.2. The molecular weight excluding hydrogens is 450 g/mol. The van der Waals surface area contributed by atoms with Crippen LogP contribution in [0.25, 0.3) is 26.5 Å². The predicted molar refractivity (Wildman–Crippen MR) is 135 cm³/mol. The normalized spacial score (nSPS) is 14.7. The van der Waals surface area contributed by atoms with Crippen molar-refractivity contribution in [1.82, 2.24) is 15.3 Å². The zero-order chi connectivity index (χ0) is 22.2. The van der Waals surface area contributed by atoms with Gasteiger partial charge in [-0.05, 0) is 47.5 Å². The molecule has 0 saturated heterocycles. The zero-order valence-electron chi connectivity index (χ0n) is 17.3. The van der Waals surface area contributed by atoms with Gasteiger partial charge in [0.05, 0.1) is 38.0 Å². The van der Waals surface area contributed by atoms with Gasteiger partial charge in [0.15, 0.2) is 0 Å². The van der Waals surface area contributed by atoms with E-state index in [2.05, 4.69) is 33.5 Å². The van der Waals surface area contributed by atoms with Gasteiger partial charge in [0, 0.05) is 5.69 Å². The Bertz CT molecular complexity index is 1550. The number of thiazole rings is 2. The molecule has 160 valence electrons. The van der Waals surface area contributed by atoms with E-state index in [0.29, 0.717) is 18.2 Å². The van der Waals surface area contributed by atoms with Gasteiger partial charge >= 0.3 is 0 Å². The molecule has 6 nitrogen and oxygen atoms in total. The van der Waals surface area contributed by atoms with E-state index in [1.807, 2.05) is 70.5 Å². The third-order valence-electron chi connectivity index (χ3n) is 5.41. The summed E-state index contributed by atoms with van der Waals surface area (Å²) in [5.41, 5.74) is 8.93. The van der Waals surface area contributed by atoms with Crippen molar-refractivity contribution < 1.29 is 4.79 Å². The number of hydrogen-bond acceptors (Lipinski definition) is 7. The maximum absolute atomic E-state index is 12.8. The zero-order valence-corrected chi connectivity index (χ0v) is 18.9. The van der Waals surface area contributed by atoms with E-state index in [0.717, 1.165) is 37.2 Å². The molecule has 1 aliphatic heterocycles. The van der Waals surface area contributed by atoms with Crippen molar-refractivity contribution in [1.29, 1.82) is 0 Å². The second-order valence-corrected chi connectivity index (χ2v) is 9.35. The van der Waals surface area contributed by atoms with Gasteiger partial charge in [-0.3, -0.25) is 10.1 Å². The van der Waals surface area contributed by atoms with Crippen LogP contribution in [0.3, 0.4) is 0 Å². The molecule has 0 radical (unpaired) electrons.